The molecular weight excluding hydrogens is 337 g/mol. The summed E-state index contributed by atoms with van der Waals surface area (Å²) in [4.78, 5) is 18.7. The largest absolute Gasteiger partial charge is 0.354 e. The second-order valence-electron chi connectivity index (χ2n) is 6.50. The van der Waals surface area contributed by atoms with Gasteiger partial charge in [-0.15, -0.1) is 0 Å². The van der Waals surface area contributed by atoms with Crippen LogP contribution in [0.2, 0.25) is 0 Å². The first kappa shape index (κ1) is 16.9. The van der Waals surface area contributed by atoms with Crippen molar-refractivity contribution in [3.8, 4) is 0 Å². The standard InChI is InChI=1S/C19H20FN3O3/c20-15-2-1-3-16(11-15)22-17-10-14(12-21-13-17)18(24)23-6-4-19(5-7-23)25-8-9-26-19/h1-3,10-13,22H,4-9H2. The Kier molecular flexibility index (Phi) is 4.57. The molecule has 0 bridgehead atoms. The molecule has 2 aliphatic rings. The summed E-state index contributed by atoms with van der Waals surface area (Å²) in [6, 6.07) is 7.87. The van der Waals surface area contributed by atoms with Gasteiger partial charge in [-0.2, -0.15) is 0 Å². The SMILES string of the molecule is O=C(c1cncc(Nc2cccc(F)c2)c1)N1CCC2(CC1)OCCO2. The van der Waals surface area contributed by atoms with Crippen LogP contribution in [-0.4, -0.2) is 47.9 Å². The van der Waals surface area contributed by atoms with E-state index in [1.54, 1.807) is 35.5 Å². The first-order chi connectivity index (χ1) is 12.6. The van der Waals surface area contributed by atoms with Gasteiger partial charge in [0.1, 0.15) is 5.82 Å². The Morgan fingerprint density at radius 3 is 2.62 bits per heavy atom. The predicted octanol–water partition coefficient (Wildman–Crippen LogP) is 2.94. The third-order valence-electron chi connectivity index (χ3n) is 4.72. The maximum atomic E-state index is 13.3. The maximum absolute atomic E-state index is 13.3. The highest BCUT2D eigenvalue weighted by Gasteiger charge is 2.40. The fourth-order valence-electron chi connectivity index (χ4n) is 3.38. The number of benzene rings is 1. The molecule has 0 unspecified atom stereocenters. The Morgan fingerprint density at radius 1 is 1.12 bits per heavy atom. The van der Waals surface area contributed by atoms with Crippen molar-refractivity contribution in [2.24, 2.45) is 0 Å². The average Bonchev–Trinajstić information content (AvgIpc) is 3.10. The van der Waals surface area contributed by atoms with Gasteiger partial charge < -0.3 is 19.7 Å². The summed E-state index contributed by atoms with van der Waals surface area (Å²) in [6.07, 6.45) is 4.50. The van der Waals surface area contributed by atoms with Crippen LogP contribution in [0.5, 0.6) is 0 Å². The van der Waals surface area contributed by atoms with E-state index < -0.39 is 5.79 Å². The molecule has 0 aliphatic carbocycles. The highest BCUT2D eigenvalue weighted by molar-refractivity contribution is 5.95. The molecule has 2 aromatic rings. The highest BCUT2D eigenvalue weighted by atomic mass is 19.1. The predicted molar refractivity (Wildman–Crippen MR) is 93.7 cm³/mol. The lowest BCUT2D eigenvalue weighted by molar-refractivity contribution is -0.181. The maximum Gasteiger partial charge on any atom is 0.255 e. The van der Waals surface area contributed by atoms with Gasteiger partial charge in [0, 0.05) is 37.8 Å². The minimum atomic E-state index is -0.504. The molecule has 2 fully saturated rings. The number of nitrogens with zero attached hydrogens (tertiary/aromatic N) is 2. The van der Waals surface area contributed by atoms with E-state index in [1.807, 2.05) is 0 Å². The van der Waals surface area contributed by atoms with Crippen molar-refractivity contribution in [3.05, 3.63) is 54.1 Å². The summed E-state index contributed by atoms with van der Waals surface area (Å²) in [5, 5.41) is 3.07. The number of nitrogens with one attached hydrogen (secondary N) is 1. The molecule has 1 spiro atoms. The van der Waals surface area contributed by atoms with Crippen molar-refractivity contribution >= 4 is 17.3 Å². The number of aromatic nitrogens is 1. The minimum absolute atomic E-state index is 0.0757. The first-order valence-electron chi connectivity index (χ1n) is 8.68. The molecule has 26 heavy (non-hydrogen) atoms. The second-order valence-corrected chi connectivity index (χ2v) is 6.50. The topological polar surface area (TPSA) is 63.7 Å². The van der Waals surface area contributed by atoms with Gasteiger partial charge in [-0.05, 0) is 24.3 Å². The summed E-state index contributed by atoms with van der Waals surface area (Å²) in [7, 11) is 0. The van der Waals surface area contributed by atoms with Gasteiger partial charge in [-0.1, -0.05) is 6.07 Å². The number of ether oxygens (including phenoxy) is 2. The molecule has 3 heterocycles. The molecule has 136 valence electrons. The summed E-state index contributed by atoms with van der Waals surface area (Å²) in [5.74, 6) is -0.905. The number of amides is 1. The van der Waals surface area contributed by atoms with E-state index in [0.717, 1.165) is 0 Å². The van der Waals surface area contributed by atoms with Crippen LogP contribution >= 0.6 is 0 Å². The Hall–Kier alpha value is -2.51. The normalized spacial score (nSPS) is 18.9. The Balaban J connectivity index is 1.43. The van der Waals surface area contributed by atoms with Crippen LogP contribution in [-0.2, 0) is 9.47 Å². The van der Waals surface area contributed by atoms with Gasteiger partial charge in [0.15, 0.2) is 5.79 Å². The van der Waals surface area contributed by atoms with Crippen molar-refractivity contribution in [2.45, 2.75) is 18.6 Å². The smallest absolute Gasteiger partial charge is 0.255 e. The van der Waals surface area contributed by atoms with E-state index in [0.29, 0.717) is 56.1 Å². The van der Waals surface area contributed by atoms with Gasteiger partial charge in [-0.3, -0.25) is 9.78 Å². The van der Waals surface area contributed by atoms with Crippen LogP contribution in [0, 0.1) is 5.82 Å². The van der Waals surface area contributed by atoms with Gasteiger partial charge >= 0.3 is 0 Å². The van der Waals surface area contributed by atoms with Crippen LogP contribution in [0.3, 0.4) is 0 Å². The highest BCUT2D eigenvalue weighted by Crippen LogP contribution is 2.31. The van der Waals surface area contributed by atoms with E-state index in [9.17, 15) is 9.18 Å². The van der Waals surface area contributed by atoms with Crippen LogP contribution in [0.25, 0.3) is 0 Å². The van der Waals surface area contributed by atoms with Crippen LogP contribution in [0.4, 0.5) is 15.8 Å². The van der Waals surface area contributed by atoms with E-state index in [1.165, 1.54) is 12.1 Å². The fourth-order valence-corrected chi connectivity index (χ4v) is 3.38. The summed E-state index contributed by atoms with van der Waals surface area (Å²) < 4.78 is 24.7. The Bertz CT molecular complexity index is 798. The molecule has 1 amide bonds. The molecule has 1 aromatic heterocycles. The van der Waals surface area contributed by atoms with E-state index >= 15 is 0 Å². The lowest BCUT2D eigenvalue weighted by Gasteiger charge is -2.37. The molecule has 7 heteroatoms. The molecule has 1 aromatic carbocycles. The second kappa shape index (κ2) is 7.01. The molecular formula is C19H20FN3O3. The Morgan fingerprint density at radius 2 is 1.88 bits per heavy atom. The number of rotatable bonds is 3. The number of hydrogen-bond donors (Lipinski definition) is 1. The number of halogens is 1. The zero-order chi connectivity index (χ0) is 18.0. The third kappa shape index (κ3) is 3.54. The zero-order valence-electron chi connectivity index (χ0n) is 14.3. The number of piperidine rings is 1. The molecule has 0 atom stereocenters. The number of likely N-dealkylation sites (tertiary alicyclic amines) is 1. The Labute approximate surface area is 150 Å². The zero-order valence-corrected chi connectivity index (χ0v) is 14.3. The van der Waals surface area contributed by atoms with Crippen LogP contribution in [0.15, 0.2) is 42.7 Å². The van der Waals surface area contributed by atoms with Crippen molar-refractivity contribution in [2.75, 3.05) is 31.6 Å². The number of carbonyl (C=O) groups excluding carboxylic acids is 1. The lowest BCUT2D eigenvalue weighted by Crippen LogP contribution is -2.47. The van der Waals surface area contributed by atoms with Crippen molar-refractivity contribution in [3.63, 3.8) is 0 Å². The lowest BCUT2D eigenvalue weighted by atomic mass is 10.0. The first-order valence-corrected chi connectivity index (χ1v) is 8.68. The minimum Gasteiger partial charge on any atom is -0.354 e. The van der Waals surface area contributed by atoms with E-state index in [2.05, 4.69) is 10.3 Å². The fraction of sp³-hybridized carbons (Fsp3) is 0.368. The molecule has 0 saturated carbocycles. The number of anilines is 2. The van der Waals surface area contributed by atoms with E-state index in [-0.39, 0.29) is 11.7 Å². The molecule has 0 radical (unpaired) electrons. The van der Waals surface area contributed by atoms with E-state index in [4.69, 9.17) is 9.47 Å². The number of carbonyl (C=O) groups is 1. The van der Waals surface area contributed by atoms with Crippen LogP contribution in [0.1, 0.15) is 23.2 Å². The summed E-state index contributed by atoms with van der Waals surface area (Å²) in [6.45, 7) is 2.40. The van der Waals surface area contributed by atoms with Gasteiger partial charge in [0.25, 0.3) is 5.91 Å². The quantitative estimate of drug-likeness (QED) is 0.915. The van der Waals surface area contributed by atoms with Gasteiger partial charge in [0.2, 0.25) is 0 Å². The monoisotopic (exact) mass is 357 g/mol. The van der Waals surface area contributed by atoms with Crippen molar-refractivity contribution in [1.82, 2.24) is 9.88 Å². The number of pyridine rings is 1. The third-order valence-corrected chi connectivity index (χ3v) is 4.72. The molecule has 2 saturated heterocycles. The van der Waals surface area contributed by atoms with Gasteiger partial charge in [0.05, 0.1) is 30.7 Å². The van der Waals surface area contributed by atoms with Crippen molar-refractivity contribution < 1.29 is 18.7 Å². The average molecular weight is 357 g/mol. The van der Waals surface area contributed by atoms with Crippen LogP contribution < -0.4 is 5.32 Å². The van der Waals surface area contributed by atoms with Crippen molar-refractivity contribution in [1.29, 1.82) is 0 Å². The molecule has 6 nitrogen and oxygen atoms in total. The summed E-state index contributed by atoms with van der Waals surface area (Å²) in [5.41, 5.74) is 1.74. The van der Waals surface area contributed by atoms with Gasteiger partial charge in [-0.25, -0.2) is 4.39 Å². The molecule has 4 rings (SSSR count). The molecule has 1 N–H and O–H groups in total. The summed E-state index contributed by atoms with van der Waals surface area (Å²) >= 11 is 0. The number of hydrogen-bond acceptors (Lipinski definition) is 5. The molecule has 2 aliphatic heterocycles.